The van der Waals surface area contributed by atoms with E-state index in [2.05, 4.69) is 4.98 Å². The number of hydrogen-bond acceptors (Lipinski definition) is 6. The van der Waals surface area contributed by atoms with Crippen LogP contribution in [0.15, 0.2) is 78.6 Å². The Hall–Kier alpha value is -4.13. The molecule has 2 aromatic carbocycles. The number of para-hydroxylation sites is 1. The van der Waals surface area contributed by atoms with E-state index in [1.807, 2.05) is 43.3 Å². The Labute approximate surface area is 192 Å². The van der Waals surface area contributed by atoms with Gasteiger partial charge in [-0.3, -0.25) is 14.6 Å². The van der Waals surface area contributed by atoms with Crippen molar-refractivity contribution >= 4 is 23.1 Å². The van der Waals surface area contributed by atoms with Gasteiger partial charge >= 0.3 is 0 Å². The maximum atomic E-state index is 13.2. The molecule has 1 fully saturated rings. The van der Waals surface area contributed by atoms with Crippen LogP contribution in [0.1, 0.15) is 22.7 Å². The van der Waals surface area contributed by atoms with Gasteiger partial charge in [0.25, 0.3) is 11.7 Å². The molecule has 1 unspecified atom stereocenters. The number of aromatic nitrogens is 1. The van der Waals surface area contributed by atoms with Gasteiger partial charge < -0.3 is 19.6 Å². The number of Topliss-reactive ketones (excluding diaryl/α,β-unsaturated/α-hetero) is 1. The number of hydrogen-bond donors (Lipinski definition) is 1. The summed E-state index contributed by atoms with van der Waals surface area (Å²) in [5, 5.41) is 11.3. The highest BCUT2D eigenvalue weighted by Crippen LogP contribution is 2.41. The van der Waals surface area contributed by atoms with E-state index in [1.165, 1.54) is 12.0 Å². The minimum atomic E-state index is -0.751. The van der Waals surface area contributed by atoms with E-state index >= 15 is 0 Å². The molecule has 1 aliphatic rings. The van der Waals surface area contributed by atoms with Crippen molar-refractivity contribution in [3.63, 3.8) is 0 Å². The molecule has 2 heterocycles. The quantitative estimate of drug-likeness (QED) is 0.355. The smallest absolute Gasteiger partial charge is 0.295 e. The van der Waals surface area contributed by atoms with Crippen LogP contribution in [0.2, 0.25) is 0 Å². The molecular formula is C26H25N3O4. The SMILES string of the molecule is COc1ccccc1/C(O)=C1/C(=O)C(=O)N(Cc2ccncc2)C1c1ccc(N(C)C)cc1. The monoisotopic (exact) mass is 443 g/mol. The zero-order valence-corrected chi connectivity index (χ0v) is 18.7. The van der Waals surface area contributed by atoms with Gasteiger partial charge in [-0.05, 0) is 47.5 Å². The molecule has 168 valence electrons. The normalized spacial score (nSPS) is 17.3. The molecular weight excluding hydrogens is 418 g/mol. The Morgan fingerprint density at radius 2 is 1.70 bits per heavy atom. The fraction of sp³-hybridized carbons (Fsp3) is 0.192. The van der Waals surface area contributed by atoms with Crippen LogP contribution in [0.4, 0.5) is 5.69 Å². The second-order valence-corrected chi connectivity index (χ2v) is 7.97. The highest BCUT2D eigenvalue weighted by molar-refractivity contribution is 6.46. The van der Waals surface area contributed by atoms with Gasteiger partial charge in [-0.25, -0.2) is 0 Å². The minimum Gasteiger partial charge on any atom is -0.507 e. The van der Waals surface area contributed by atoms with Gasteiger partial charge in [-0.15, -0.1) is 0 Å². The van der Waals surface area contributed by atoms with Crippen LogP contribution in [0.5, 0.6) is 5.75 Å². The zero-order chi connectivity index (χ0) is 23.5. The van der Waals surface area contributed by atoms with Crippen LogP contribution in [0.3, 0.4) is 0 Å². The molecule has 7 nitrogen and oxygen atoms in total. The maximum absolute atomic E-state index is 13.2. The molecule has 1 amide bonds. The molecule has 0 spiro atoms. The fourth-order valence-corrected chi connectivity index (χ4v) is 4.01. The first kappa shape index (κ1) is 22.1. The zero-order valence-electron chi connectivity index (χ0n) is 18.7. The number of benzene rings is 2. The Morgan fingerprint density at radius 3 is 2.33 bits per heavy atom. The van der Waals surface area contributed by atoms with Crippen molar-refractivity contribution in [3.8, 4) is 5.75 Å². The molecule has 3 aromatic rings. The largest absolute Gasteiger partial charge is 0.507 e. The highest BCUT2D eigenvalue weighted by Gasteiger charge is 2.46. The third-order valence-corrected chi connectivity index (χ3v) is 5.73. The number of carbonyl (C=O) groups is 2. The third kappa shape index (κ3) is 4.17. The van der Waals surface area contributed by atoms with Crippen molar-refractivity contribution in [1.29, 1.82) is 0 Å². The molecule has 4 rings (SSSR count). The summed E-state index contributed by atoms with van der Waals surface area (Å²) < 4.78 is 5.38. The number of ether oxygens (including phenoxy) is 1. The van der Waals surface area contributed by atoms with Crippen molar-refractivity contribution in [2.24, 2.45) is 0 Å². The van der Waals surface area contributed by atoms with E-state index in [9.17, 15) is 14.7 Å². The number of carbonyl (C=O) groups excluding carboxylic acids is 2. The summed E-state index contributed by atoms with van der Waals surface area (Å²) in [6.45, 7) is 0.204. The van der Waals surface area contributed by atoms with Gasteiger partial charge in [0.05, 0.1) is 24.3 Å². The number of aliphatic hydroxyl groups excluding tert-OH is 1. The van der Waals surface area contributed by atoms with E-state index in [4.69, 9.17) is 4.74 Å². The van der Waals surface area contributed by atoms with E-state index in [1.54, 1.807) is 48.8 Å². The molecule has 7 heteroatoms. The number of likely N-dealkylation sites (tertiary alicyclic amines) is 1. The predicted molar refractivity (Wildman–Crippen MR) is 126 cm³/mol. The Balaban J connectivity index is 1.88. The van der Waals surface area contributed by atoms with E-state index in [0.29, 0.717) is 11.3 Å². The molecule has 1 aromatic heterocycles. The van der Waals surface area contributed by atoms with Crippen molar-refractivity contribution in [2.75, 3.05) is 26.1 Å². The lowest BCUT2D eigenvalue weighted by molar-refractivity contribution is -0.140. The molecule has 0 saturated carbocycles. The molecule has 0 aliphatic carbocycles. The standard InChI is InChI=1S/C26H25N3O4/c1-28(2)19-10-8-18(9-11-19)23-22(24(30)20-6-4-5-7-21(20)33-3)25(31)26(32)29(23)16-17-12-14-27-15-13-17/h4-15,23,30H,16H2,1-3H3/b24-22-. The average Bonchev–Trinajstić information content (AvgIpc) is 3.09. The fourth-order valence-electron chi connectivity index (χ4n) is 4.01. The van der Waals surface area contributed by atoms with Crippen LogP contribution in [-0.2, 0) is 16.1 Å². The molecule has 1 N–H and O–H groups in total. The summed E-state index contributed by atoms with van der Waals surface area (Å²) in [4.78, 5) is 33.8. The summed E-state index contributed by atoms with van der Waals surface area (Å²) in [7, 11) is 5.37. The Kier molecular flexibility index (Phi) is 6.13. The topological polar surface area (TPSA) is 83.0 Å². The van der Waals surface area contributed by atoms with Gasteiger partial charge in [0.15, 0.2) is 0 Å². The number of anilines is 1. The van der Waals surface area contributed by atoms with Crippen molar-refractivity contribution in [2.45, 2.75) is 12.6 Å². The number of amides is 1. The second kappa shape index (κ2) is 9.16. The second-order valence-electron chi connectivity index (χ2n) is 7.97. The van der Waals surface area contributed by atoms with Gasteiger partial charge in [-0.1, -0.05) is 24.3 Å². The average molecular weight is 444 g/mol. The number of aliphatic hydroxyl groups is 1. The van der Waals surface area contributed by atoms with E-state index in [-0.39, 0.29) is 17.9 Å². The molecule has 1 atom stereocenters. The lowest BCUT2D eigenvalue weighted by Crippen LogP contribution is -2.29. The van der Waals surface area contributed by atoms with Crippen LogP contribution in [0.25, 0.3) is 5.76 Å². The number of ketones is 1. The van der Waals surface area contributed by atoms with Crippen LogP contribution in [0, 0.1) is 0 Å². The van der Waals surface area contributed by atoms with Crippen LogP contribution in [-0.4, -0.2) is 47.9 Å². The molecule has 0 radical (unpaired) electrons. The summed E-state index contributed by atoms with van der Waals surface area (Å²) in [6.07, 6.45) is 3.28. The van der Waals surface area contributed by atoms with E-state index < -0.39 is 17.7 Å². The maximum Gasteiger partial charge on any atom is 0.295 e. The molecule has 33 heavy (non-hydrogen) atoms. The molecule has 1 aliphatic heterocycles. The van der Waals surface area contributed by atoms with Crippen LogP contribution < -0.4 is 9.64 Å². The number of rotatable bonds is 6. The first-order valence-corrected chi connectivity index (χ1v) is 10.5. The van der Waals surface area contributed by atoms with Crippen molar-refractivity contribution in [1.82, 2.24) is 9.88 Å². The number of methoxy groups -OCH3 is 1. The van der Waals surface area contributed by atoms with Crippen molar-refractivity contribution in [3.05, 3.63) is 95.3 Å². The summed E-state index contributed by atoms with van der Waals surface area (Å²) in [5.41, 5.74) is 2.94. The molecule has 0 bridgehead atoms. The first-order chi connectivity index (χ1) is 15.9. The van der Waals surface area contributed by atoms with E-state index in [0.717, 1.165) is 16.8 Å². The predicted octanol–water partition coefficient (Wildman–Crippen LogP) is 3.78. The van der Waals surface area contributed by atoms with Gasteiger partial charge in [-0.2, -0.15) is 0 Å². The summed E-state index contributed by atoms with van der Waals surface area (Å²) in [6, 6.07) is 17.3. The first-order valence-electron chi connectivity index (χ1n) is 10.5. The summed E-state index contributed by atoms with van der Waals surface area (Å²) >= 11 is 0. The van der Waals surface area contributed by atoms with Crippen molar-refractivity contribution < 1.29 is 19.4 Å². The van der Waals surface area contributed by atoms with Gasteiger partial charge in [0.1, 0.15) is 11.5 Å². The van der Waals surface area contributed by atoms with Crippen LogP contribution >= 0.6 is 0 Å². The van der Waals surface area contributed by atoms with Gasteiger partial charge in [0.2, 0.25) is 0 Å². The number of pyridine rings is 1. The lowest BCUT2D eigenvalue weighted by atomic mass is 9.94. The Bertz CT molecular complexity index is 1200. The van der Waals surface area contributed by atoms with Gasteiger partial charge in [0, 0.05) is 38.7 Å². The number of nitrogens with zero attached hydrogens (tertiary/aromatic N) is 3. The third-order valence-electron chi connectivity index (χ3n) is 5.73. The lowest BCUT2D eigenvalue weighted by Gasteiger charge is -2.26. The summed E-state index contributed by atoms with van der Waals surface area (Å²) in [5.74, 6) is -1.24. The highest BCUT2D eigenvalue weighted by atomic mass is 16.5. The Morgan fingerprint density at radius 1 is 1.03 bits per heavy atom. The molecule has 1 saturated heterocycles. The minimum absolute atomic E-state index is 0.0381.